The normalized spacial score (nSPS) is 16.4. The minimum Gasteiger partial charge on any atom is -0.463 e. The number of thiazole rings is 1. The van der Waals surface area contributed by atoms with Crippen LogP contribution in [0, 0.1) is 5.82 Å². The van der Waals surface area contributed by atoms with Gasteiger partial charge in [-0.15, -0.1) is 11.3 Å². The summed E-state index contributed by atoms with van der Waals surface area (Å²) in [7, 11) is 1.92. The van der Waals surface area contributed by atoms with E-state index in [4.69, 9.17) is 9.73 Å². The number of benzene rings is 1. The molecule has 0 bridgehead atoms. The van der Waals surface area contributed by atoms with Gasteiger partial charge in [-0.05, 0) is 38.2 Å². The lowest BCUT2D eigenvalue weighted by Crippen LogP contribution is -2.43. The van der Waals surface area contributed by atoms with E-state index in [1.807, 2.05) is 24.3 Å². The van der Waals surface area contributed by atoms with Crippen LogP contribution in [0.3, 0.4) is 0 Å². The molecule has 0 saturated heterocycles. The second-order valence-corrected chi connectivity index (χ2v) is 8.80. The number of esters is 1. The molecule has 32 heavy (non-hydrogen) atoms. The zero-order chi connectivity index (χ0) is 23.3. The molecule has 1 aromatic heterocycles. The minimum absolute atomic E-state index is 0.00547. The molecule has 0 saturated carbocycles. The molecule has 0 amide bonds. The summed E-state index contributed by atoms with van der Waals surface area (Å²) in [6, 6.07) is 3.51. The van der Waals surface area contributed by atoms with Crippen molar-refractivity contribution in [1.82, 2.24) is 14.8 Å². The van der Waals surface area contributed by atoms with Crippen molar-refractivity contribution in [1.29, 1.82) is 0 Å². The van der Waals surface area contributed by atoms with Gasteiger partial charge in [0.05, 0.1) is 18.7 Å². The van der Waals surface area contributed by atoms with E-state index in [2.05, 4.69) is 20.9 Å². The van der Waals surface area contributed by atoms with E-state index in [-0.39, 0.29) is 13.2 Å². The third-order valence-electron chi connectivity index (χ3n) is 5.01. The summed E-state index contributed by atoms with van der Waals surface area (Å²) in [5.41, 5.74) is 1.55. The Morgan fingerprint density at radius 1 is 1.41 bits per heavy atom. The zero-order valence-corrected chi connectivity index (χ0v) is 20.5. The third-order valence-corrected chi connectivity index (χ3v) is 6.47. The van der Waals surface area contributed by atoms with Crippen molar-refractivity contribution in [3.8, 4) is 0 Å². The predicted molar refractivity (Wildman–Crippen MR) is 125 cm³/mol. The summed E-state index contributed by atoms with van der Waals surface area (Å²) < 4.78 is 19.7. The summed E-state index contributed by atoms with van der Waals surface area (Å²) in [5.74, 6) is -0.442. The Balaban J connectivity index is 2.29. The van der Waals surface area contributed by atoms with Gasteiger partial charge in [-0.2, -0.15) is 0 Å². The van der Waals surface area contributed by atoms with Gasteiger partial charge in [0.25, 0.3) is 0 Å². The van der Waals surface area contributed by atoms with Crippen LogP contribution in [-0.2, 0) is 14.3 Å². The molecule has 0 fully saturated rings. The van der Waals surface area contributed by atoms with Crippen molar-refractivity contribution in [3.05, 3.63) is 61.9 Å². The molecule has 0 spiro atoms. The van der Waals surface area contributed by atoms with E-state index >= 15 is 0 Å². The third kappa shape index (κ3) is 5.13. The van der Waals surface area contributed by atoms with Crippen molar-refractivity contribution in [2.45, 2.75) is 19.9 Å². The van der Waals surface area contributed by atoms with Crippen molar-refractivity contribution >= 4 is 45.4 Å². The van der Waals surface area contributed by atoms with Gasteiger partial charge in [-0.1, -0.05) is 28.9 Å². The first kappa shape index (κ1) is 24.2. The first-order valence-corrected chi connectivity index (χ1v) is 11.8. The number of carbonyl (C=O) groups is 2. The number of aromatic nitrogens is 1. The van der Waals surface area contributed by atoms with Gasteiger partial charge < -0.3 is 19.3 Å². The lowest BCUT2D eigenvalue weighted by molar-refractivity contribution is -0.139. The average Bonchev–Trinajstić information content (AvgIpc) is 3.29. The maximum absolute atomic E-state index is 13.8. The van der Waals surface area contributed by atoms with Gasteiger partial charge in [-0.3, -0.25) is 4.99 Å². The number of rotatable bonds is 9. The molecule has 3 rings (SSSR count). The largest absolute Gasteiger partial charge is 0.463 e. The van der Waals surface area contributed by atoms with Crippen LogP contribution in [0.2, 0.25) is 0 Å². The monoisotopic (exact) mass is 522 g/mol. The highest BCUT2D eigenvalue weighted by Gasteiger charge is 2.38. The van der Waals surface area contributed by atoms with Gasteiger partial charge >= 0.3 is 5.97 Å². The van der Waals surface area contributed by atoms with Gasteiger partial charge in [0.1, 0.15) is 18.1 Å². The summed E-state index contributed by atoms with van der Waals surface area (Å²) in [6.45, 7) is 5.04. The summed E-state index contributed by atoms with van der Waals surface area (Å²) in [5, 5.41) is 2.44. The summed E-state index contributed by atoms with van der Waals surface area (Å²) in [4.78, 5) is 37.8. The van der Waals surface area contributed by atoms with Crippen molar-refractivity contribution in [2.75, 3.05) is 33.3 Å². The fraction of sp³-hybridized carbons (Fsp3) is 0.364. The number of amidine groups is 1. The number of likely N-dealkylation sites (N-methyl/N-ethyl adjacent to an activating group) is 1. The Kier molecular flexibility index (Phi) is 8.27. The highest BCUT2D eigenvalue weighted by molar-refractivity contribution is 9.10. The maximum atomic E-state index is 13.8. The van der Waals surface area contributed by atoms with Crippen LogP contribution in [0.25, 0.3) is 0 Å². The van der Waals surface area contributed by atoms with Crippen molar-refractivity contribution < 1.29 is 18.7 Å². The van der Waals surface area contributed by atoms with E-state index in [0.29, 0.717) is 38.7 Å². The number of nitrogens with zero attached hydrogens (tertiary/aromatic N) is 4. The van der Waals surface area contributed by atoms with E-state index in [1.54, 1.807) is 24.1 Å². The molecule has 170 valence electrons. The van der Waals surface area contributed by atoms with Gasteiger partial charge in [0.15, 0.2) is 10.8 Å². The standard InChI is InChI=1S/C22H24BrFN4O3S/c1-4-27(3)13-17-18(22(30)31-5-2)19(15-7-6-14(24)12-16(15)23)26-20(28(17)9-10-29)21-25-8-11-32-21/h6-8,10-12,19H,4-5,9,13H2,1-3H3. The number of carbonyl (C=O) groups excluding carboxylic acids is 2. The Morgan fingerprint density at radius 2 is 2.19 bits per heavy atom. The summed E-state index contributed by atoms with van der Waals surface area (Å²) >= 11 is 4.81. The summed E-state index contributed by atoms with van der Waals surface area (Å²) in [6.07, 6.45) is 2.43. The number of hydrogen-bond donors (Lipinski definition) is 0. The molecule has 1 aromatic carbocycles. The predicted octanol–water partition coefficient (Wildman–Crippen LogP) is 3.82. The molecule has 1 aliphatic rings. The molecule has 2 heterocycles. The zero-order valence-electron chi connectivity index (χ0n) is 18.0. The Hall–Kier alpha value is -2.43. The first-order chi connectivity index (χ1) is 15.4. The molecule has 0 radical (unpaired) electrons. The van der Waals surface area contributed by atoms with E-state index in [1.165, 1.54) is 23.5 Å². The number of hydrogen-bond acceptors (Lipinski definition) is 8. The van der Waals surface area contributed by atoms with Gasteiger partial charge in [-0.25, -0.2) is 14.2 Å². The molecule has 7 nitrogen and oxygen atoms in total. The molecular weight excluding hydrogens is 499 g/mol. The van der Waals surface area contributed by atoms with Gasteiger partial charge in [0.2, 0.25) is 0 Å². The Bertz CT molecular complexity index is 1040. The van der Waals surface area contributed by atoms with Crippen molar-refractivity contribution in [2.24, 2.45) is 4.99 Å². The van der Waals surface area contributed by atoms with Crippen LogP contribution in [0.15, 0.2) is 50.5 Å². The molecule has 10 heteroatoms. The van der Waals surface area contributed by atoms with Crippen LogP contribution >= 0.6 is 27.3 Å². The molecule has 1 aliphatic heterocycles. The van der Waals surface area contributed by atoms with Crippen molar-refractivity contribution in [3.63, 3.8) is 0 Å². The Morgan fingerprint density at radius 3 is 2.78 bits per heavy atom. The fourth-order valence-electron chi connectivity index (χ4n) is 3.39. The number of halogens is 2. The van der Waals surface area contributed by atoms with Crippen LogP contribution in [-0.4, -0.2) is 66.2 Å². The van der Waals surface area contributed by atoms with E-state index in [0.717, 1.165) is 12.8 Å². The number of aliphatic imine (C=N–C) groups is 1. The molecular formula is C22H24BrFN4O3S. The quantitative estimate of drug-likeness (QED) is 0.368. The minimum atomic E-state index is -0.758. The number of aldehydes is 1. The fourth-order valence-corrected chi connectivity index (χ4v) is 4.60. The second kappa shape index (κ2) is 10.9. The second-order valence-electron chi connectivity index (χ2n) is 7.05. The van der Waals surface area contributed by atoms with Gasteiger partial charge in [0, 0.05) is 28.3 Å². The van der Waals surface area contributed by atoms with E-state index in [9.17, 15) is 14.0 Å². The lowest BCUT2D eigenvalue weighted by atomic mass is 9.94. The molecule has 2 aromatic rings. The first-order valence-electron chi connectivity index (χ1n) is 10.1. The molecule has 1 unspecified atom stereocenters. The Labute approximate surface area is 198 Å². The van der Waals surface area contributed by atoms with Crippen LogP contribution in [0.4, 0.5) is 4.39 Å². The van der Waals surface area contributed by atoms with Crippen LogP contribution in [0.1, 0.15) is 30.5 Å². The molecule has 1 atom stereocenters. The number of ether oxygens (including phenoxy) is 1. The average molecular weight is 523 g/mol. The smallest absolute Gasteiger partial charge is 0.338 e. The SMILES string of the molecule is CCOC(=O)C1=C(CN(C)CC)N(CC=O)C(c2nccs2)=NC1c1ccc(F)cc1Br. The maximum Gasteiger partial charge on any atom is 0.338 e. The lowest BCUT2D eigenvalue weighted by Gasteiger charge is -2.36. The topological polar surface area (TPSA) is 75.1 Å². The highest BCUT2D eigenvalue weighted by Crippen LogP contribution is 2.39. The van der Waals surface area contributed by atoms with Crippen LogP contribution < -0.4 is 0 Å². The molecule has 0 N–H and O–H groups in total. The van der Waals surface area contributed by atoms with E-state index < -0.39 is 17.8 Å². The van der Waals surface area contributed by atoms with Crippen LogP contribution in [0.5, 0.6) is 0 Å². The molecule has 0 aliphatic carbocycles. The highest BCUT2D eigenvalue weighted by atomic mass is 79.9.